The van der Waals surface area contributed by atoms with Gasteiger partial charge in [0, 0.05) is 30.4 Å². The molecule has 1 saturated heterocycles. The van der Waals surface area contributed by atoms with E-state index in [9.17, 15) is 4.79 Å². The third-order valence-corrected chi connectivity index (χ3v) is 5.45. The molecule has 0 aromatic heterocycles. The summed E-state index contributed by atoms with van der Waals surface area (Å²) < 4.78 is 38.9. The van der Waals surface area contributed by atoms with Crippen molar-refractivity contribution in [3.63, 3.8) is 0 Å². The van der Waals surface area contributed by atoms with Crippen molar-refractivity contribution in [2.75, 3.05) is 13.2 Å². The van der Waals surface area contributed by atoms with Gasteiger partial charge in [-0.05, 0) is 20.3 Å². The molecule has 1 spiro atoms. The standard InChI is InChI=1S/C17H23N2O2.H2O4S/c1-3-21-16(20)17(2)11-14-10-13-7-4-6-12-8-5-9-19(14,18-17)15(12)13;1-5(2,3)4/h4,6-7,14,18H,3,5,8-11H2,1-2H3;(H2,1,2,3,4)/q+1;/p-1. The lowest BCUT2D eigenvalue weighted by Crippen LogP contribution is -2.64. The van der Waals surface area contributed by atoms with Gasteiger partial charge in [-0.25, -0.2) is 17.8 Å². The summed E-state index contributed by atoms with van der Waals surface area (Å²) >= 11 is 0. The maximum absolute atomic E-state index is 12.4. The van der Waals surface area contributed by atoms with Crippen LogP contribution in [0.5, 0.6) is 0 Å². The van der Waals surface area contributed by atoms with Gasteiger partial charge in [0.1, 0.15) is 12.6 Å². The molecule has 1 aromatic rings. The van der Waals surface area contributed by atoms with Crippen LogP contribution in [-0.4, -0.2) is 48.2 Å². The van der Waals surface area contributed by atoms with E-state index in [-0.39, 0.29) is 5.97 Å². The molecule has 0 radical (unpaired) electrons. The first kappa shape index (κ1) is 19.2. The van der Waals surface area contributed by atoms with Gasteiger partial charge in [-0.15, -0.1) is 5.43 Å². The van der Waals surface area contributed by atoms with Crippen molar-refractivity contribution in [3.8, 4) is 0 Å². The largest absolute Gasteiger partial charge is 0.726 e. The molecule has 0 amide bonds. The maximum atomic E-state index is 12.4. The van der Waals surface area contributed by atoms with E-state index in [1.807, 2.05) is 13.8 Å². The van der Waals surface area contributed by atoms with E-state index in [1.54, 1.807) is 0 Å². The number of hydrogen-bond donors (Lipinski definition) is 2. The van der Waals surface area contributed by atoms with Crippen LogP contribution in [0.2, 0.25) is 0 Å². The molecule has 3 aliphatic rings. The van der Waals surface area contributed by atoms with E-state index in [0.29, 0.717) is 12.6 Å². The summed E-state index contributed by atoms with van der Waals surface area (Å²) in [5, 5.41) is 0. The quantitative estimate of drug-likeness (QED) is 0.339. The first-order valence-corrected chi connectivity index (χ1v) is 10.1. The molecule has 3 unspecified atom stereocenters. The number of quaternary nitrogens is 1. The average molecular weight is 384 g/mol. The molecule has 1 aromatic carbocycles. The lowest BCUT2D eigenvalue weighted by molar-refractivity contribution is -0.150. The Labute approximate surface area is 153 Å². The van der Waals surface area contributed by atoms with Crippen molar-refractivity contribution < 1.29 is 27.1 Å². The molecule has 3 atom stereocenters. The van der Waals surface area contributed by atoms with Gasteiger partial charge >= 0.3 is 5.97 Å². The minimum absolute atomic E-state index is 0.100. The van der Waals surface area contributed by atoms with Crippen molar-refractivity contribution in [2.24, 2.45) is 0 Å². The highest BCUT2D eigenvalue weighted by molar-refractivity contribution is 7.79. The zero-order valence-corrected chi connectivity index (χ0v) is 15.7. The zero-order chi connectivity index (χ0) is 19.2. The van der Waals surface area contributed by atoms with Crippen LogP contribution in [0.15, 0.2) is 18.2 Å². The van der Waals surface area contributed by atoms with Gasteiger partial charge in [-0.2, -0.15) is 0 Å². The van der Waals surface area contributed by atoms with Crippen LogP contribution in [-0.2, 0) is 32.8 Å². The predicted octanol–water partition coefficient (Wildman–Crippen LogP) is 1.10. The van der Waals surface area contributed by atoms with E-state index in [4.69, 9.17) is 22.3 Å². The third-order valence-electron chi connectivity index (χ3n) is 5.45. The average Bonchev–Trinajstić information content (AvgIpc) is 2.95. The van der Waals surface area contributed by atoms with Crippen molar-refractivity contribution in [1.82, 2.24) is 10.0 Å². The van der Waals surface area contributed by atoms with E-state index in [1.165, 1.54) is 23.2 Å². The zero-order valence-electron chi connectivity index (χ0n) is 14.9. The second-order valence-electron chi connectivity index (χ2n) is 7.28. The van der Waals surface area contributed by atoms with Crippen LogP contribution in [0.25, 0.3) is 0 Å². The normalized spacial score (nSPS) is 31.5. The van der Waals surface area contributed by atoms with Crippen LogP contribution in [0.3, 0.4) is 0 Å². The van der Waals surface area contributed by atoms with Gasteiger partial charge in [0.25, 0.3) is 0 Å². The fraction of sp³-hybridized carbons (Fsp3) is 0.588. The predicted molar refractivity (Wildman–Crippen MR) is 94.0 cm³/mol. The van der Waals surface area contributed by atoms with Gasteiger partial charge in [-0.1, -0.05) is 18.2 Å². The molecule has 2 N–H and O–H groups in total. The van der Waals surface area contributed by atoms with Crippen LogP contribution in [0, 0.1) is 0 Å². The number of esters is 1. The number of carbonyl (C=O) groups excluding carboxylic acids is 1. The molecule has 3 heterocycles. The Balaban J connectivity index is 0.000000349. The molecule has 0 bridgehead atoms. The van der Waals surface area contributed by atoms with Crippen LogP contribution in [0.4, 0.5) is 5.69 Å². The third kappa shape index (κ3) is 3.37. The maximum Gasteiger partial charge on any atom is 0.331 e. The van der Waals surface area contributed by atoms with E-state index >= 15 is 0 Å². The topological polar surface area (TPSA) is 116 Å². The molecular formula is C17H24N2O6S. The van der Waals surface area contributed by atoms with E-state index in [2.05, 4.69) is 23.6 Å². The first-order valence-electron chi connectivity index (χ1n) is 8.73. The van der Waals surface area contributed by atoms with Gasteiger partial charge in [-0.3, -0.25) is 4.55 Å². The highest BCUT2D eigenvalue weighted by atomic mass is 32.3. The van der Waals surface area contributed by atoms with Crippen LogP contribution < -0.4 is 10.0 Å². The van der Waals surface area contributed by atoms with Crippen LogP contribution >= 0.6 is 0 Å². The number of benzene rings is 1. The Morgan fingerprint density at radius 2 is 2.12 bits per heavy atom. The number of aryl methyl sites for hydroxylation is 1. The molecule has 9 heteroatoms. The number of para-hydroxylation sites is 1. The lowest BCUT2D eigenvalue weighted by Gasteiger charge is -2.39. The fourth-order valence-corrected chi connectivity index (χ4v) is 4.74. The Morgan fingerprint density at radius 1 is 1.46 bits per heavy atom. The Morgan fingerprint density at radius 3 is 2.77 bits per heavy atom. The Kier molecular flexibility index (Phi) is 4.87. The monoisotopic (exact) mass is 384 g/mol. The minimum atomic E-state index is -4.92. The highest BCUT2D eigenvalue weighted by Gasteiger charge is 2.62. The van der Waals surface area contributed by atoms with Gasteiger partial charge in [0.15, 0.2) is 11.2 Å². The van der Waals surface area contributed by atoms with Crippen LogP contribution in [0.1, 0.15) is 37.8 Å². The first-order chi connectivity index (χ1) is 12.1. The second-order valence-corrected chi connectivity index (χ2v) is 8.13. The molecule has 3 aliphatic heterocycles. The SMILES string of the molecule is CCOC(=O)C1(C)CC2Cc3cccc4c3[N+]2(CCC4)N1.O=S(=O)([O-])O. The molecule has 1 fully saturated rings. The number of nitrogens with zero attached hydrogens (tertiary/aromatic N) is 1. The van der Waals surface area contributed by atoms with Crippen molar-refractivity contribution in [3.05, 3.63) is 29.3 Å². The number of nitrogens with one attached hydrogen (secondary N) is 1. The molecule has 4 rings (SSSR count). The molecular weight excluding hydrogens is 360 g/mol. The second kappa shape index (κ2) is 6.58. The summed E-state index contributed by atoms with van der Waals surface area (Å²) in [6.07, 6.45) is 4.28. The van der Waals surface area contributed by atoms with Crippen molar-refractivity contribution in [2.45, 2.75) is 51.1 Å². The summed E-state index contributed by atoms with van der Waals surface area (Å²) in [4.78, 5) is 12.4. The molecule has 0 aliphatic carbocycles. The lowest BCUT2D eigenvalue weighted by atomic mass is 9.94. The number of rotatable bonds is 2. The fourth-order valence-electron chi connectivity index (χ4n) is 4.74. The van der Waals surface area contributed by atoms with Crippen molar-refractivity contribution in [1.29, 1.82) is 0 Å². The summed E-state index contributed by atoms with van der Waals surface area (Å²) in [6, 6.07) is 7.16. The van der Waals surface area contributed by atoms with Crippen molar-refractivity contribution >= 4 is 22.1 Å². The van der Waals surface area contributed by atoms with Gasteiger partial charge in [0.2, 0.25) is 10.4 Å². The Bertz CT molecular complexity index is 819. The number of carbonyl (C=O) groups is 1. The minimum Gasteiger partial charge on any atom is -0.726 e. The van der Waals surface area contributed by atoms with Gasteiger partial charge < -0.3 is 9.29 Å². The summed E-state index contributed by atoms with van der Waals surface area (Å²) in [7, 11) is -4.92. The molecule has 144 valence electrons. The Hall–Kier alpha value is -1.52. The van der Waals surface area contributed by atoms with Gasteiger partial charge in [0.05, 0.1) is 6.61 Å². The number of ether oxygens (including phenoxy) is 1. The van der Waals surface area contributed by atoms with E-state index in [0.717, 1.165) is 30.4 Å². The smallest absolute Gasteiger partial charge is 0.331 e. The summed E-state index contributed by atoms with van der Waals surface area (Å²) in [5.41, 5.74) is 7.51. The highest BCUT2D eigenvalue weighted by Crippen LogP contribution is 2.49. The molecule has 8 nitrogen and oxygen atoms in total. The molecule has 0 saturated carbocycles. The summed E-state index contributed by atoms with van der Waals surface area (Å²) in [6.45, 7) is 5.41. The van der Waals surface area contributed by atoms with E-state index < -0.39 is 15.9 Å². The molecule has 26 heavy (non-hydrogen) atoms. The summed E-state index contributed by atoms with van der Waals surface area (Å²) in [5.74, 6) is -0.100. The number of hydrogen-bond acceptors (Lipinski definition) is 6.